The lowest BCUT2D eigenvalue weighted by Gasteiger charge is -2.13. The topological polar surface area (TPSA) is 64.1 Å². The van der Waals surface area contributed by atoms with Gasteiger partial charge in [-0.05, 0) is 38.8 Å². The Morgan fingerprint density at radius 1 is 1.10 bits per heavy atom. The first-order chi connectivity index (χ1) is 9.95. The maximum Gasteiger partial charge on any atom is 0.262 e. The summed E-state index contributed by atoms with van der Waals surface area (Å²) in [4.78, 5) is 19.9. The molecule has 0 aliphatic carbocycles. The number of hydrogen-bond acceptors (Lipinski definition) is 4. The van der Waals surface area contributed by atoms with Crippen molar-refractivity contribution in [2.45, 2.75) is 27.7 Å². The maximum absolute atomic E-state index is 12.0. The highest BCUT2D eigenvalue weighted by Crippen LogP contribution is 2.21. The van der Waals surface area contributed by atoms with Gasteiger partial charge in [0.1, 0.15) is 6.33 Å². The second-order valence-corrected chi connectivity index (χ2v) is 5.11. The van der Waals surface area contributed by atoms with Crippen LogP contribution in [0.2, 0.25) is 0 Å². The van der Waals surface area contributed by atoms with E-state index in [2.05, 4.69) is 15.3 Å². The van der Waals surface area contributed by atoms with Crippen LogP contribution in [0.1, 0.15) is 22.4 Å². The second-order valence-electron chi connectivity index (χ2n) is 5.11. The van der Waals surface area contributed by atoms with Crippen LogP contribution in [0.15, 0.2) is 24.5 Å². The summed E-state index contributed by atoms with van der Waals surface area (Å²) in [5, 5.41) is 2.88. The number of carbonyl (C=O) groups excluding carboxylic acids is 1. The smallest absolute Gasteiger partial charge is 0.262 e. The van der Waals surface area contributed by atoms with Gasteiger partial charge in [0, 0.05) is 17.4 Å². The third-order valence-corrected chi connectivity index (χ3v) is 3.07. The first-order valence-corrected chi connectivity index (χ1v) is 6.75. The number of aromatic nitrogens is 2. The number of aryl methyl sites for hydroxylation is 4. The maximum atomic E-state index is 12.0. The van der Waals surface area contributed by atoms with Gasteiger partial charge in [-0.1, -0.05) is 17.7 Å². The molecule has 0 aliphatic heterocycles. The van der Waals surface area contributed by atoms with Crippen molar-refractivity contribution in [3.8, 4) is 5.88 Å². The molecule has 0 fully saturated rings. The molecule has 1 aromatic heterocycles. The number of ether oxygens (including phenoxy) is 1. The molecule has 0 atom stereocenters. The van der Waals surface area contributed by atoms with Gasteiger partial charge in [-0.25, -0.2) is 9.97 Å². The Labute approximate surface area is 124 Å². The molecule has 1 amide bonds. The van der Waals surface area contributed by atoms with E-state index in [1.54, 1.807) is 6.07 Å². The number of benzene rings is 1. The molecule has 1 aromatic carbocycles. The van der Waals surface area contributed by atoms with Gasteiger partial charge in [-0.3, -0.25) is 4.79 Å². The van der Waals surface area contributed by atoms with E-state index >= 15 is 0 Å². The average molecular weight is 285 g/mol. The summed E-state index contributed by atoms with van der Waals surface area (Å²) in [6, 6.07) is 5.77. The van der Waals surface area contributed by atoms with Gasteiger partial charge in [0.2, 0.25) is 5.88 Å². The van der Waals surface area contributed by atoms with Crippen LogP contribution in [-0.4, -0.2) is 22.5 Å². The van der Waals surface area contributed by atoms with Crippen molar-refractivity contribution < 1.29 is 9.53 Å². The molecule has 0 bridgehead atoms. The lowest BCUT2D eigenvalue weighted by atomic mass is 10.1. The Kier molecular flexibility index (Phi) is 4.52. The second kappa shape index (κ2) is 6.35. The van der Waals surface area contributed by atoms with Gasteiger partial charge in [0.15, 0.2) is 6.61 Å². The van der Waals surface area contributed by atoms with E-state index in [0.29, 0.717) is 5.88 Å². The Hall–Kier alpha value is -2.43. The predicted octanol–water partition coefficient (Wildman–Crippen LogP) is 2.73. The molecule has 0 aliphatic rings. The van der Waals surface area contributed by atoms with Gasteiger partial charge in [0.25, 0.3) is 5.91 Å². The van der Waals surface area contributed by atoms with E-state index in [-0.39, 0.29) is 12.5 Å². The zero-order chi connectivity index (χ0) is 15.4. The summed E-state index contributed by atoms with van der Waals surface area (Å²) in [7, 11) is 0. The monoisotopic (exact) mass is 285 g/mol. The molecule has 21 heavy (non-hydrogen) atoms. The Balaban J connectivity index is 1.99. The number of amides is 1. The van der Waals surface area contributed by atoms with Crippen LogP contribution >= 0.6 is 0 Å². The van der Waals surface area contributed by atoms with Crippen molar-refractivity contribution >= 4 is 11.6 Å². The standard InChI is InChI=1S/C16H19N3O2/c1-10-5-11(2)16(12(3)6-10)19-14(20)8-21-15-7-13(4)17-9-18-15/h5-7,9H,8H2,1-4H3,(H,19,20). The molecule has 0 saturated carbocycles. The van der Waals surface area contributed by atoms with Crippen LogP contribution in [-0.2, 0) is 4.79 Å². The average Bonchev–Trinajstić information content (AvgIpc) is 2.40. The molecule has 5 nitrogen and oxygen atoms in total. The molecule has 0 radical (unpaired) electrons. The molecular formula is C16H19N3O2. The third kappa shape index (κ3) is 4.02. The highest BCUT2D eigenvalue weighted by molar-refractivity contribution is 5.93. The SMILES string of the molecule is Cc1cc(C)c(NC(=O)COc2cc(C)ncn2)c(C)c1. The third-order valence-electron chi connectivity index (χ3n) is 3.07. The van der Waals surface area contributed by atoms with Crippen LogP contribution in [0.3, 0.4) is 0 Å². The van der Waals surface area contributed by atoms with Crippen LogP contribution in [0, 0.1) is 27.7 Å². The lowest BCUT2D eigenvalue weighted by Crippen LogP contribution is -2.21. The minimum atomic E-state index is -0.207. The van der Waals surface area contributed by atoms with Crippen LogP contribution in [0.5, 0.6) is 5.88 Å². The summed E-state index contributed by atoms with van der Waals surface area (Å²) in [5.74, 6) is 0.191. The summed E-state index contributed by atoms with van der Waals surface area (Å²) in [5.41, 5.74) is 4.90. The fourth-order valence-electron chi connectivity index (χ4n) is 2.20. The molecule has 0 saturated heterocycles. The van der Waals surface area contributed by atoms with Crippen molar-refractivity contribution in [3.63, 3.8) is 0 Å². The highest BCUT2D eigenvalue weighted by Gasteiger charge is 2.09. The van der Waals surface area contributed by atoms with Crippen molar-refractivity contribution in [3.05, 3.63) is 46.9 Å². The van der Waals surface area contributed by atoms with Crippen LogP contribution in [0.25, 0.3) is 0 Å². The number of nitrogens with one attached hydrogen (secondary N) is 1. The van der Waals surface area contributed by atoms with E-state index in [0.717, 1.165) is 22.5 Å². The molecule has 1 N–H and O–H groups in total. The molecular weight excluding hydrogens is 266 g/mol. The van der Waals surface area contributed by atoms with E-state index < -0.39 is 0 Å². The van der Waals surface area contributed by atoms with Gasteiger partial charge in [-0.2, -0.15) is 0 Å². The first-order valence-electron chi connectivity index (χ1n) is 6.75. The zero-order valence-corrected chi connectivity index (χ0v) is 12.7. The first kappa shape index (κ1) is 15.0. The molecule has 1 heterocycles. The number of anilines is 1. The molecule has 5 heteroatoms. The highest BCUT2D eigenvalue weighted by atomic mass is 16.5. The van der Waals surface area contributed by atoms with Gasteiger partial charge in [0.05, 0.1) is 0 Å². The Morgan fingerprint density at radius 3 is 2.38 bits per heavy atom. The largest absolute Gasteiger partial charge is 0.467 e. The number of nitrogens with zero attached hydrogens (tertiary/aromatic N) is 2. The van der Waals surface area contributed by atoms with E-state index in [4.69, 9.17) is 4.74 Å². The van der Waals surface area contributed by atoms with Gasteiger partial charge in [-0.15, -0.1) is 0 Å². The number of carbonyl (C=O) groups is 1. The summed E-state index contributed by atoms with van der Waals surface area (Å²) in [6.45, 7) is 7.75. The Morgan fingerprint density at radius 2 is 1.76 bits per heavy atom. The minimum Gasteiger partial charge on any atom is -0.467 e. The van der Waals surface area contributed by atoms with E-state index in [1.165, 1.54) is 11.9 Å². The number of hydrogen-bond donors (Lipinski definition) is 1. The van der Waals surface area contributed by atoms with E-state index in [9.17, 15) is 4.79 Å². The molecule has 2 aromatic rings. The van der Waals surface area contributed by atoms with Crippen molar-refractivity contribution in [2.24, 2.45) is 0 Å². The predicted molar refractivity (Wildman–Crippen MR) is 81.5 cm³/mol. The molecule has 2 rings (SSSR count). The molecule has 0 unspecified atom stereocenters. The fraction of sp³-hybridized carbons (Fsp3) is 0.312. The van der Waals surface area contributed by atoms with E-state index in [1.807, 2.05) is 39.8 Å². The van der Waals surface area contributed by atoms with Crippen molar-refractivity contribution in [2.75, 3.05) is 11.9 Å². The summed E-state index contributed by atoms with van der Waals surface area (Å²) < 4.78 is 5.36. The lowest BCUT2D eigenvalue weighted by molar-refractivity contribution is -0.118. The summed E-state index contributed by atoms with van der Waals surface area (Å²) in [6.07, 6.45) is 1.41. The van der Waals surface area contributed by atoms with Gasteiger partial charge >= 0.3 is 0 Å². The van der Waals surface area contributed by atoms with Crippen molar-refractivity contribution in [1.82, 2.24) is 9.97 Å². The molecule has 0 spiro atoms. The summed E-state index contributed by atoms with van der Waals surface area (Å²) >= 11 is 0. The van der Waals surface area contributed by atoms with Crippen LogP contribution < -0.4 is 10.1 Å². The Bertz CT molecular complexity index is 645. The van der Waals surface area contributed by atoms with Crippen LogP contribution in [0.4, 0.5) is 5.69 Å². The normalized spacial score (nSPS) is 10.3. The minimum absolute atomic E-state index is 0.0801. The number of rotatable bonds is 4. The fourth-order valence-corrected chi connectivity index (χ4v) is 2.20. The van der Waals surface area contributed by atoms with Crippen molar-refractivity contribution in [1.29, 1.82) is 0 Å². The van der Waals surface area contributed by atoms with Gasteiger partial charge < -0.3 is 10.1 Å². The molecule has 110 valence electrons. The zero-order valence-electron chi connectivity index (χ0n) is 12.7. The quantitative estimate of drug-likeness (QED) is 0.938.